The first-order chi connectivity index (χ1) is 15.7. The maximum absolute atomic E-state index is 11.7. The van der Waals surface area contributed by atoms with Gasteiger partial charge in [0.05, 0.1) is 37.0 Å². The van der Waals surface area contributed by atoms with E-state index in [0.717, 1.165) is 27.9 Å². The van der Waals surface area contributed by atoms with Crippen LogP contribution in [0.3, 0.4) is 0 Å². The number of benzene rings is 1. The average Bonchev–Trinajstić information content (AvgIpc) is 3.40. The number of nitrogens with one attached hydrogen (secondary N) is 1. The molecule has 1 amide bonds. The minimum atomic E-state index is -3.38. The Morgan fingerprint density at radius 2 is 2.09 bits per heavy atom. The summed E-state index contributed by atoms with van der Waals surface area (Å²) in [5, 5.41) is 1.68. The van der Waals surface area contributed by atoms with Crippen molar-refractivity contribution in [2.75, 3.05) is 19.9 Å². The van der Waals surface area contributed by atoms with E-state index in [9.17, 15) is 13.2 Å². The molecule has 0 saturated heterocycles. The first-order valence-corrected chi connectivity index (χ1v) is 13.0. The Morgan fingerprint density at radius 3 is 2.70 bits per heavy atom. The molecular formula is C22H24N4O5S2. The van der Waals surface area contributed by atoms with Gasteiger partial charge in [-0.05, 0) is 30.7 Å². The smallest absolute Gasteiger partial charge is 0.221 e. The van der Waals surface area contributed by atoms with Crippen LogP contribution in [0.25, 0.3) is 10.9 Å². The van der Waals surface area contributed by atoms with Crippen LogP contribution in [0.2, 0.25) is 0 Å². The molecule has 0 aliphatic carbocycles. The summed E-state index contributed by atoms with van der Waals surface area (Å²) >= 11 is 1.55. The maximum atomic E-state index is 11.7. The van der Waals surface area contributed by atoms with E-state index < -0.39 is 9.84 Å². The molecule has 0 spiro atoms. The Kier molecular flexibility index (Phi) is 6.35. The van der Waals surface area contributed by atoms with E-state index in [1.54, 1.807) is 31.0 Å². The number of amides is 1. The van der Waals surface area contributed by atoms with Gasteiger partial charge in [0.1, 0.15) is 22.3 Å². The summed E-state index contributed by atoms with van der Waals surface area (Å²) in [5.41, 5.74) is 7.16. The van der Waals surface area contributed by atoms with Crippen LogP contribution in [0.4, 0.5) is 0 Å². The lowest BCUT2D eigenvalue weighted by Gasteiger charge is -2.16. The molecule has 3 N–H and O–H groups in total. The van der Waals surface area contributed by atoms with Gasteiger partial charge in [0.2, 0.25) is 5.91 Å². The third-order valence-electron chi connectivity index (χ3n) is 5.37. The van der Waals surface area contributed by atoms with Crippen LogP contribution in [-0.2, 0) is 14.6 Å². The van der Waals surface area contributed by atoms with E-state index in [1.165, 1.54) is 12.3 Å². The summed E-state index contributed by atoms with van der Waals surface area (Å²) in [5.74, 6) is 0.967. The molecular weight excluding hydrogens is 464 g/mol. The number of aliphatic imine (C=N–C) groups is 1. The molecule has 2 unspecified atom stereocenters. The van der Waals surface area contributed by atoms with Crippen LogP contribution in [0.15, 0.2) is 46.5 Å². The lowest BCUT2D eigenvalue weighted by molar-refractivity contribution is -0.121. The fourth-order valence-electron chi connectivity index (χ4n) is 3.70. The summed E-state index contributed by atoms with van der Waals surface area (Å²) in [7, 11) is -1.82. The highest BCUT2D eigenvalue weighted by Gasteiger charge is 2.31. The minimum absolute atomic E-state index is 0.0204. The van der Waals surface area contributed by atoms with Gasteiger partial charge in [-0.3, -0.25) is 9.79 Å². The molecule has 2 atom stereocenters. The normalized spacial score (nSPS) is 17.1. The van der Waals surface area contributed by atoms with Gasteiger partial charge >= 0.3 is 0 Å². The van der Waals surface area contributed by atoms with Gasteiger partial charge in [0.15, 0.2) is 14.9 Å². The number of thioether (sulfide) groups is 1. The number of H-pyrrole nitrogens is 1. The van der Waals surface area contributed by atoms with Crippen molar-refractivity contribution in [1.29, 1.82) is 0 Å². The number of carbonyl (C=O) groups excluding carboxylic acids is 1. The highest BCUT2D eigenvalue weighted by atomic mass is 32.2. The zero-order valence-corrected chi connectivity index (χ0v) is 20.0. The zero-order chi connectivity index (χ0) is 23.8. The summed E-state index contributed by atoms with van der Waals surface area (Å²) in [4.78, 5) is 23.6. The molecule has 3 heterocycles. The van der Waals surface area contributed by atoms with Gasteiger partial charge in [0.25, 0.3) is 0 Å². The predicted octanol–water partition coefficient (Wildman–Crippen LogP) is 3.14. The lowest BCUT2D eigenvalue weighted by Crippen LogP contribution is -2.32. The van der Waals surface area contributed by atoms with E-state index in [0.29, 0.717) is 30.2 Å². The topological polar surface area (TPSA) is 137 Å². The first-order valence-electron chi connectivity index (χ1n) is 10.2. The van der Waals surface area contributed by atoms with Gasteiger partial charge in [0, 0.05) is 23.0 Å². The van der Waals surface area contributed by atoms with Crippen LogP contribution in [-0.4, -0.2) is 54.5 Å². The number of ether oxygens (including phenoxy) is 2. The number of sulfone groups is 1. The standard InChI is InChI=1S/C22H24N4O5S2/c1-4-15(21(23)27)18-11-25-22(32-18)16-8-12-7-14(9-17(30-2)20(12)26-16)31-13-5-6-19(24-10-13)33(3,28)29/h5-10,15,18,26H,4,11H2,1-3H3,(H2,23,27). The average molecular weight is 489 g/mol. The van der Waals surface area contributed by atoms with Crippen LogP contribution in [0.1, 0.15) is 19.0 Å². The van der Waals surface area contributed by atoms with Gasteiger partial charge in [-0.25, -0.2) is 13.4 Å². The summed E-state index contributed by atoms with van der Waals surface area (Å²) in [6.45, 7) is 2.49. The third kappa shape index (κ3) is 4.83. The molecule has 11 heteroatoms. The number of nitrogens with zero attached hydrogens (tertiary/aromatic N) is 2. The Labute approximate surface area is 195 Å². The Morgan fingerprint density at radius 1 is 1.30 bits per heavy atom. The van der Waals surface area contributed by atoms with E-state index >= 15 is 0 Å². The van der Waals surface area contributed by atoms with Crippen molar-refractivity contribution < 1.29 is 22.7 Å². The third-order valence-corrected chi connectivity index (χ3v) is 7.73. The van der Waals surface area contributed by atoms with E-state index in [2.05, 4.69) is 15.0 Å². The van der Waals surface area contributed by atoms with Crippen molar-refractivity contribution in [3.05, 3.63) is 42.2 Å². The SMILES string of the molecule is CCC(C(N)=O)C1CN=C(c2cc3cc(Oc4ccc(S(C)(=O)=O)nc4)cc(OC)c3[nH]2)S1. The van der Waals surface area contributed by atoms with Crippen molar-refractivity contribution in [2.45, 2.75) is 23.6 Å². The quantitative estimate of drug-likeness (QED) is 0.497. The van der Waals surface area contributed by atoms with Crippen LogP contribution < -0.4 is 15.2 Å². The molecule has 1 aromatic carbocycles. The number of primary amides is 1. The first kappa shape index (κ1) is 23.1. The Hall–Kier alpha value is -3.05. The maximum Gasteiger partial charge on any atom is 0.221 e. The number of aromatic nitrogens is 2. The molecule has 2 aromatic heterocycles. The molecule has 33 heavy (non-hydrogen) atoms. The Balaban J connectivity index is 1.59. The molecule has 9 nitrogen and oxygen atoms in total. The second-order valence-electron chi connectivity index (χ2n) is 7.70. The number of aromatic amines is 1. The number of nitrogens with two attached hydrogens (primary N) is 1. The van der Waals surface area contributed by atoms with Gasteiger partial charge in [-0.15, -0.1) is 0 Å². The van der Waals surface area contributed by atoms with Gasteiger partial charge in [-0.2, -0.15) is 0 Å². The van der Waals surface area contributed by atoms with Crippen LogP contribution >= 0.6 is 11.8 Å². The second kappa shape index (κ2) is 9.06. The van der Waals surface area contributed by atoms with Crippen molar-refractivity contribution >= 4 is 43.5 Å². The van der Waals surface area contributed by atoms with Crippen LogP contribution in [0, 0.1) is 5.92 Å². The van der Waals surface area contributed by atoms with Crippen molar-refractivity contribution in [2.24, 2.45) is 16.6 Å². The molecule has 174 valence electrons. The zero-order valence-electron chi connectivity index (χ0n) is 18.4. The van der Waals surface area contributed by atoms with E-state index in [4.69, 9.17) is 15.2 Å². The highest BCUT2D eigenvalue weighted by molar-refractivity contribution is 8.15. The van der Waals surface area contributed by atoms with Crippen LogP contribution in [0.5, 0.6) is 17.2 Å². The molecule has 1 aliphatic heterocycles. The second-order valence-corrected chi connectivity index (χ2v) is 10.9. The van der Waals surface area contributed by atoms with Gasteiger partial charge < -0.3 is 20.2 Å². The number of methoxy groups -OCH3 is 1. The van der Waals surface area contributed by atoms with E-state index in [1.807, 2.05) is 19.1 Å². The van der Waals surface area contributed by atoms with Crippen molar-refractivity contribution in [3.8, 4) is 17.2 Å². The predicted molar refractivity (Wildman–Crippen MR) is 128 cm³/mol. The highest BCUT2D eigenvalue weighted by Crippen LogP contribution is 2.37. The number of rotatable bonds is 8. The fraction of sp³-hybridized carbons (Fsp3) is 0.318. The molecule has 0 bridgehead atoms. The molecule has 1 aliphatic rings. The largest absolute Gasteiger partial charge is 0.494 e. The number of fused-ring (bicyclic) bond motifs is 1. The summed E-state index contributed by atoms with van der Waals surface area (Å²) in [6, 6.07) is 8.49. The number of carbonyl (C=O) groups is 1. The molecule has 3 aromatic rings. The Bertz CT molecular complexity index is 1330. The van der Waals surface area contributed by atoms with E-state index in [-0.39, 0.29) is 22.1 Å². The molecule has 4 rings (SSSR count). The van der Waals surface area contributed by atoms with Crippen molar-refractivity contribution in [3.63, 3.8) is 0 Å². The fourth-order valence-corrected chi connectivity index (χ4v) is 5.57. The summed E-state index contributed by atoms with van der Waals surface area (Å²) < 4.78 is 34.6. The minimum Gasteiger partial charge on any atom is -0.494 e. The number of hydrogen-bond acceptors (Lipinski definition) is 8. The monoisotopic (exact) mass is 488 g/mol. The van der Waals surface area contributed by atoms with Crippen molar-refractivity contribution in [1.82, 2.24) is 9.97 Å². The summed E-state index contributed by atoms with van der Waals surface area (Å²) in [6.07, 6.45) is 3.14. The van der Waals surface area contributed by atoms with Gasteiger partial charge in [-0.1, -0.05) is 18.7 Å². The molecule has 0 radical (unpaired) electrons. The molecule has 0 saturated carbocycles. The number of hydrogen-bond donors (Lipinski definition) is 2. The molecule has 0 fully saturated rings. The number of pyridine rings is 1. The lowest BCUT2D eigenvalue weighted by atomic mass is 10.0.